The van der Waals surface area contributed by atoms with Gasteiger partial charge in [0.25, 0.3) is 0 Å². The van der Waals surface area contributed by atoms with Gasteiger partial charge in [0.15, 0.2) is 0 Å². The van der Waals surface area contributed by atoms with Crippen LogP contribution in [-0.4, -0.2) is 17.1 Å². The maximum Gasteiger partial charge on any atom is 0.321 e. The molecule has 1 aromatic heterocycles. The molecule has 1 unspecified atom stereocenters. The van der Waals surface area contributed by atoms with E-state index in [1.165, 1.54) is 11.1 Å². The number of aliphatic carboxylic acids is 1. The Balaban J connectivity index is 1.71. The summed E-state index contributed by atoms with van der Waals surface area (Å²) in [5.74, 6) is -0.115. The molecule has 1 atom stereocenters. The van der Waals surface area contributed by atoms with E-state index in [1.807, 2.05) is 42.5 Å². The molecule has 2 N–H and O–H groups in total. The number of benzene rings is 2. The van der Waals surface area contributed by atoms with Gasteiger partial charge < -0.3 is 9.52 Å². The highest BCUT2D eigenvalue weighted by Gasteiger charge is 2.18. The van der Waals surface area contributed by atoms with Crippen molar-refractivity contribution in [3.8, 4) is 0 Å². The largest absolute Gasteiger partial charge is 0.480 e. The standard InChI is InChI=1S/C20H21NO3/c1-13-8-16-11-17(24-19(16)9-14(13)2)12-21-18(20(22)23)10-15-6-4-3-5-7-15/h3-9,11,18,21H,10,12H2,1-2H3,(H,22,23). The summed E-state index contributed by atoms with van der Waals surface area (Å²) in [6.45, 7) is 4.51. The molecule has 0 bridgehead atoms. The number of hydrogen-bond donors (Lipinski definition) is 2. The Morgan fingerprint density at radius 1 is 1.12 bits per heavy atom. The first-order valence-corrected chi connectivity index (χ1v) is 8.02. The normalized spacial score (nSPS) is 12.4. The van der Waals surface area contributed by atoms with E-state index in [0.29, 0.717) is 13.0 Å². The summed E-state index contributed by atoms with van der Waals surface area (Å²) in [4.78, 5) is 11.5. The van der Waals surface area contributed by atoms with Crippen molar-refractivity contribution in [1.29, 1.82) is 0 Å². The van der Waals surface area contributed by atoms with Gasteiger partial charge in [0.05, 0.1) is 6.54 Å². The molecule has 0 aliphatic carbocycles. The van der Waals surface area contributed by atoms with E-state index < -0.39 is 12.0 Å². The lowest BCUT2D eigenvalue weighted by Gasteiger charge is -2.13. The number of carboxylic acids is 1. The lowest BCUT2D eigenvalue weighted by atomic mass is 10.1. The second-order valence-electron chi connectivity index (χ2n) is 6.15. The van der Waals surface area contributed by atoms with Crippen LogP contribution in [0.4, 0.5) is 0 Å². The van der Waals surface area contributed by atoms with Crippen LogP contribution in [0.25, 0.3) is 11.0 Å². The molecule has 0 aliphatic heterocycles. The summed E-state index contributed by atoms with van der Waals surface area (Å²) in [6.07, 6.45) is 0.439. The van der Waals surface area contributed by atoms with Gasteiger partial charge in [0.2, 0.25) is 0 Å². The van der Waals surface area contributed by atoms with E-state index in [1.54, 1.807) is 0 Å². The average Bonchev–Trinajstić information content (AvgIpc) is 2.94. The third-order valence-corrected chi connectivity index (χ3v) is 4.29. The molecule has 4 heteroatoms. The Kier molecular flexibility index (Phi) is 4.67. The fraction of sp³-hybridized carbons (Fsp3) is 0.250. The summed E-state index contributed by atoms with van der Waals surface area (Å²) in [5, 5.41) is 13.6. The number of aryl methyl sites for hydroxylation is 2. The van der Waals surface area contributed by atoms with E-state index in [0.717, 1.165) is 22.3 Å². The number of fused-ring (bicyclic) bond motifs is 1. The van der Waals surface area contributed by atoms with Gasteiger partial charge in [-0.25, -0.2) is 0 Å². The summed E-state index contributed by atoms with van der Waals surface area (Å²) in [7, 11) is 0. The maximum absolute atomic E-state index is 11.5. The first-order chi connectivity index (χ1) is 11.5. The molecule has 0 saturated carbocycles. The van der Waals surface area contributed by atoms with Crippen LogP contribution >= 0.6 is 0 Å². The molecule has 24 heavy (non-hydrogen) atoms. The molecular weight excluding hydrogens is 302 g/mol. The van der Waals surface area contributed by atoms with Gasteiger partial charge in [-0.1, -0.05) is 30.3 Å². The monoisotopic (exact) mass is 323 g/mol. The van der Waals surface area contributed by atoms with Gasteiger partial charge in [-0.2, -0.15) is 0 Å². The molecule has 4 nitrogen and oxygen atoms in total. The predicted molar refractivity (Wildman–Crippen MR) is 94.1 cm³/mol. The molecule has 0 radical (unpaired) electrons. The van der Waals surface area contributed by atoms with E-state index in [4.69, 9.17) is 4.42 Å². The van der Waals surface area contributed by atoms with Crippen molar-refractivity contribution >= 4 is 16.9 Å². The van der Waals surface area contributed by atoms with Crippen molar-refractivity contribution in [2.24, 2.45) is 0 Å². The van der Waals surface area contributed by atoms with Crippen LogP contribution in [0, 0.1) is 13.8 Å². The molecule has 3 rings (SSSR count). The van der Waals surface area contributed by atoms with Crippen LogP contribution in [0.2, 0.25) is 0 Å². The van der Waals surface area contributed by atoms with E-state index >= 15 is 0 Å². The summed E-state index contributed by atoms with van der Waals surface area (Å²) >= 11 is 0. The maximum atomic E-state index is 11.5. The molecule has 2 aromatic carbocycles. The molecule has 124 valence electrons. The van der Waals surface area contributed by atoms with E-state index in [-0.39, 0.29) is 0 Å². The van der Waals surface area contributed by atoms with Crippen LogP contribution in [0.3, 0.4) is 0 Å². The molecule has 0 saturated heterocycles. The lowest BCUT2D eigenvalue weighted by molar-refractivity contribution is -0.139. The number of hydrogen-bond acceptors (Lipinski definition) is 3. The lowest BCUT2D eigenvalue weighted by Crippen LogP contribution is -2.37. The van der Waals surface area contributed by atoms with E-state index in [2.05, 4.69) is 25.2 Å². The minimum Gasteiger partial charge on any atom is -0.480 e. The Hall–Kier alpha value is -2.59. The van der Waals surface area contributed by atoms with Gasteiger partial charge in [-0.3, -0.25) is 10.1 Å². The van der Waals surface area contributed by atoms with Crippen LogP contribution < -0.4 is 5.32 Å². The molecule has 0 fully saturated rings. The highest BCUT2D eigenvalue weighted by Crippen LogP contribution is 2.23. The second kappa shape index (κ2) is 6.89. The quantitative estimate of drug-likeness (QED) is 0.723. The third-order valence-electron chi connectivity index (χ3n) is 4.29. The zero-order chi connectivity index (χ0) is 17.1. The fourth-order valence-electron chi connectivity index (χ4n) is 2.76. The van der Waals surface area contributed by atoms with Crippen molar-refractivity contribution in [3.05, 3.63) is 71.0 Å². The van der Waals surface area contributed by atoms with Crippen molar-refractivity contribution in [2.45, 2.75) is 32.9 Å². The van der Waals surface area contributed by atoms with Crippen molar-refractivity contribution < 1.29 is 14.3 Å². The summed E-state index contributed by atoms with van der Waals surface area (Å²) in [5.41, 5.74) is 4.23. The smallest absolute Gasteiger partial charge is 0.321 e. The SMILES string of the molecule is Cc1cc2cc(CNC(Cc3ccccc3)C(=O)O)oc2cc1C. The number of carboxylic acid groups (broad SMARTS) is 1. The van der Waals surface area contributed by atoms with Gasteiger partial charge in [-0.05, 0) is 55.2 Å². The Morgan fingerprint density at radius 2 is 1.83 bits per heavy atom. The number of nitrogens with one attached hydrogen (secondary N) is 1. The first kappa shape index (κ1) is 16.3. The Bertz CT molecular complexity index is 813. The molecule has 0 amide bonds. The zero-order valence-electron chi connectivity index (χ0n) is 13.9. The van der Waals surface area contributed by atoms with E-state index in [9.17, 15) is 9.90 Å². The van der Waals surface area contributed by atoms with Crippen LogP contribution in [0.5, 0.6) is 0 Å². The highest BCUT2D eigenvalue weighted by molar-refractivity contribution is 5.79. The topological polar surface area (TPSA) is 62.5 Å². The van der Waals surface area contributed by atoms with Gasteiger partial charge in [-0.15, -0.1) is 0 Å². The number of carbonyl (C=O) groups is 1. The molecule has 0 spiro atoms. The Labute approximate surface area is 141 Å². The van der Waals surface area contributed by atoms with Gasteiger partial charge in [0.1, 0.15) is 17.4 Å². The van der Waals surface area contributed by atoms with Crippen molar-refractivity contribution in [3.63, 3.8) is 0 Å². The van der Waals surface area contributed by atoms with Gasteiger partial charge >= 0.3 is 5.97 Å². The van der Waals surface area contributed by atoms with Crippen molar-refractivity contribution in [1.82, 2.24) is 5.32 Å². The second-order valence-corrected chi connectivity index (χ2v) is 6.15. The summed E-state index contributed by atoms with van der Waals surface area (Å²) < 4.78 is 5.83. The zero-order valence-corrected chi connectivity index (χ0v) is 13.9. The fourth-order valence-corrected chi connectivity index (χ4v) is 2.76. The number of rotatable bonds is 6. The molecular formula is C20H21NO3. The van der Waals surface area contributed by atoms with Crippen LogP contribution in [-0.2, 0) is 17.8 Å². The molecule has 3 aromatic rings. The molecule has 0 aliphatic rings. The first-order valence-electron chi connectivity index (χ1n) is 8.02. The third kappa shape index (κ3) is 3.66. The molecule has 1 heterocycles. The van der Waals surface area contributed by atoms with Crippen LogP contribution in [0.15, 0.2) is 52.9 Å². The Morgan fingerprint density at radius 3 is 2.54 bits per heavy atom. The van der Waals surface area contributed by atoms with Crippen LogP contribution in [0.1, 0.15) is 22.5 Å². The van der Waals surface area contributed by atoms with Gasteiger partial charge in [0, 0.05) is 5.39 Å². The predicted octanol–water partition coefficient (Wildman–Crippen LogP) is 3.84. The minimum atomic E-state index is -0.860. The highest BCUT2D eigenvalue weighted by atomic mass is 16.4. The van der Waals surface area contributed by atoms with Crippen molar-refractivity contribution in [2.75, 3.05) is 0 Å². The average molecular weight is 323 g/mol. The summed E-state index contributed by atoms with van der Waals surface area (Å²) in [6, 6.07) is 15.1. The number of furan rings is 1. The minimum absolute atomic E-state index is 0.385.